The number of nitrogens with zero attached hydrogens (tertiary/aromatic N) is 1. The highest BCUT2D eigenvalue weighted by Gasteiger charge is 2.23. The molecule has 3 aromatic carbocycles. The van der Waals surface area contributed by atoms with Gasteiger partial charge >= 0.3 is 0 Å². The van der Waals surface area contributed by atoms with Crippen molar-refractivity contribution in [3.8, 4) is 22.6 Å². The maximum absolute atomic E-state index is 12.7. The second kappa shape index (κ2) is 7.31. The normalized spacial score (nSPS) is 12.8. The van der Waals surface area contributed by atoms with Gasteiger partial charge in [-0.3, -0.25) is 4.79 Å². The van der Waals surface area contributed by atoms with Crippen LogP contribution in [0.2, 0.25) is 0 Å². The van der Waals surface area contributed by atoms with Crippen LogP contribution >= 0.6 is 0 Å². The molecule has 0 aliphatic carbocycles. The number of benzene rings is 3. The quantitative estimate of drug-likeness (QED) is 0.713. The van der Waals surface area contributed by atoms with Crippen LogP contribution in [0.25, 0.3) is 11.1 Å². The van der Waals surface area contributed by atoms with E-state index in [1.807, 2.05) is 78.9 Å². The Morgan fingerprint density at radius 2 is 1.65 bits per heavy atom. The Labute approximate surface area is 152 Å². The second-order valence-corrected chi connectivity index (χ2v) is 6.01. The predicted octanol–water partition coefficient (Wildman–Crippen LogP) is 4.16. The highest BCUT2D eigenvalue weighted by atomic mass is 16.5. The topological polar surface area (TPSA) is 38.8 Å². The summed E-state index contributed by atoms with van der Waals surface area (Å²) in [6, 6.07) is 25.4. The molecule has 3 aromatic rings. The molecule has 0 radical (unpaired) electrons. The largest absolute Gasteiger partial charge is 0.490 e. The molecule has 0 N–H and O–H groups in total. The predicted molar refractivity (Wildman–Crippen MR) is 102 cm³/mol. The molecule has 4 nitrogen and oxygen atoms in total. The first-order valence-electron chi connectivity index (χ1n) is 8.62. The van der Waals surface area contributed by atoms with Gasteiger partial charge in [-0.2, -0.15) is 0 Å². The number of amides is 1. The van der Waals surface area contributed by atoms with E-state index in [-0.39, 0.29) is 12.5 Å². The number of hydrogen-bond acceptors (Lipinski definition) is 3. The van der Waals surface area contributed by atoms with E-state index in [4.69, 9.17) is 9.47 Å². The van der Waals surface area contributed by atoms with Gasteiger partial charge in [0.1, 0.15) is 18.1 Å². The fraction of sp³-hybridized carbons (Fsp3) is 0.136. The van der Waals surface area contributed by atoms with Crippen LogP contribution < -0.4 is 14.4 Å². The molecule has 26 heavy (non-hydrogen) atoms. The van der Waals surface area contributed by atoms with Gasteiger partial charge in [0.15, 0.2) is 6.61 Å². The van der Waals surface area contributed by atoms with E-state index in [1.165, 1.54) is 0 Å². The van der Waals surface area contributed by atoms with Gasteiger partial charge in [0.05, 0.1) is 12.2 Å². The summed E-state index contributed by atoms with van der Waals surface area (Å²) >= 11 is 0. The summed E-state index contributed by atoms with van der Waals surface area (Å²) in [4.78, 5) is 14.5. The van der Waals surface area contributed by atoms with E-state index in [1.54, 1.807) is 4.90 Å². The molecule has 0 aromatic heterocycles. The smallest absolute Gasteiger partial charge is 0.265 e. The first-order valence-corrected chi connectivity index (χ1v) is 8.62. The van der Waals surface area contributed by atoms with E-state index >= 15 is 0 Å². The average molecular weight is 345 g/mol. The van der Waals surface area contributed by atoms with Crippen LogP contribution in [-0.4, -0.2) is 25.7 Å². The Balaban J connectivity index is 1.51. The lowest BCUT2D eigenvalue weighted by Crippen LogP contribution is -2.40. The number of rotatable bonds is 4. The third-order valence-corrected chi connectivity index (χ3v) is 4.35. The summed E-state index contributed by atoms with van der Waals surface area (Å²) < 4.78 is 11.5. The number of carbonyl (C=O) groups excluding carboxylic acids is 1. The molecule has 1 aliphatic heterocycles. The molecule has 4 rings (SSSR count). The van der Waals surface area contributed by atoms with Crippen molar-refractivity contribution in [3.05, 3.63) is 78.9 Å². The fourth-order valence-corrected chi connectivity index (χ4v) is 3.09. The molecule has 130 valence electrons. The zero-order valence-corrected chi connectivity index (χ0v) is 14.3. The van der Waals surface area contributed by atoms with Gasteiger partial charge in [0, 0.05) is 5.56 Å². The zero-order chi connectivity index (χ0) is 17.8. The molecule has 0 saturated carbocycles. The molecule has 0 atom stereocenters. The average Bonchev–Trinajstić information content (AvgIpc) is 2.72. The Bertz CT molecular complexity index is 908. The summed E-state index contributed by atoms with van der Waals surface area (Å²) in [5, 5.41) is 0. The van der Waals surface area contributed by atoms with Crippen molar-refractivity contribution in [1.29, 1.82) is 0 Å². The Morgan fingerprint density at radius 3 is 2.54 bits per heavy atom. The maximum atomic E-state index is 12.7. The first kappa shape index (κ1) is 16.2. The molecule has 1 heterocycles. The number of hydrogen-bond donors (Lipinski definition) is 0. The molecule has 4 heteroatoms. The molecule has 0 saturated heterocycles. The van der Waals surface area contributed by atoms with Crippen LogP contribution in [0.4, 0.5) is 5.69 Å². The van der Waals surface area contributed by atoms with Crippen molar-refractivity contribution >= 4 is 11.6 Å². The van der Waals surface area contributed by atoms with Gasteiger partial charge in [-0.1, -0.05) is 60.7 Å². The summed E-state index contributed by atoms with van der Waals surface area (Å²) in [5.74, 6) is 1.36. The van der Waals surface area contributed by atoms with Crippen molar-refractivity contribution in [2.75, 3.05) is 24.7 Å². The van der Waals surface area contributed by atoms with E-state index in [9.17, 15) is 4.79 Å². The van der Waals surface area contributed by atoms with Gasteiger partial charge in [-0.15, -0.1) is 0 Å². The fourth-order valence-electron chi connectivity index (χ4n) is 3.09. The van der Waals surface area contributed by atoms with Gasteiger partial charge in [0.25, 0.3) is 5.91 Å². The number of anilines is 1. The van der Waals surface area contributed by atoms with Gasteiger partial charge < -0.3 is 14.4 Å². The van der Waals surface area contributed by atoms with E-state index in [0.29, 0.717) is 18.9 Å². The highest BCUT2D eigenvalue weighted by molar-refractivity contribution is 5.96. The molecular weight excluding hydrogens is 326 g/mol. The van der Waals surface area contributed by atoms with Crippen molar-refractivity contribution in [3.63, 3.8) is 0 Å². The van der Waals surface area contributed by atoms with Crippen LogP contribution in [0.3, 0.4) is 0 Å². The van der Waals surface area contributed by atoms with Gasteiger partial charge in [-0.05, 0) is 23.8 Å². The molecule has 0 unspecified atom stereocenters. The van der Waals surface area contributed by atoms with Crippen molar-refractivity contribution in [2.24, 2.45) is 0 Å². The number of ether oxygens (including phenoxy) is 2. The minimum atomic E-state index is -0.0800. The molecule has 0 bridgehead atoms. The SMILES string of the molecule is O=C(COc1ccccc1-c1ccccc1)N1CCOc2ccccc21. The molecule has 0 spiro atoms. The molecule has 0 fully saturated rings. The van der Waals surface area contributed by atoms with E-state index in [2.05, 4.69) is 0 Å². The third kappa shape index (κ3) is 3.26. The van der Waals surface area contributed by atoms with Crippen molar-refractivity contribution in [2.45, 2.75) is 0 Å². The van der Waals surface area contributed by atoms with E-state index in [0.717, 1.165) is 22.6 Å². The number of para-hydroxylation sites is 3. The Kier molecular flexibility index (Phi) is 4.56. The van der Waals surface area contributed by atoms with Crippen LogP contribution in [-0.2, 0) is 4.79 Å². The monoisotopic (exact) mass is 345 g/mol. The summed E-state index contributed by atoms with van der Waals surface area (Å²) in [7, 11) is 0. The Morgan fingerprint density at radius 1 is 0.923 bits per heavy atom. The van der Waals surface area contributed by atoms with Crippen LogP contribution in [0.15, 0.2) is 78.9 Å². The standard InChI is InChI=1S/C22H19NO3/c24-22(23-14-15-25-21-13-7-5-11-19(21)23)16-26-20-12-6-4-10-18(20)17-8-2-1-3-9-17/h1-13H,14-16H2. The molecular formula is C22H19NO3. The minimum absolute atomic E-state index is 0.0157. The van der Waals surface area contributed by atoms with Crippen molar-refractivity contribution in [1.82, 2.24) is 0 Å². The maximum Gasteiger partial charge on any atom is 0.265 e. The van der Waals surface area contributed by atoms with Crippen LogP contribution in [0.1, 0.15) is 0 Å². The van der Waals surface area contributed by atoms with Gasteiger partial charge in [0.2, 0.25) is 0 Å². The number of fused-ring (bicyclic) bond motifs is 1. The van der Waals surface area contributed by atoms with Crippen LogP contribution in [0.5, 0.6) is 11.5 Å². The lowest BCUT2D eigenvalue weighted by molar-refractivity contribution is -0.120. The van der Waals surface area contributed by atoms with Crippen molar-refractivity contribution < 1.29 is 14.3 Å². The highest BCUT2D eigenvalue weighted by Crippen LogP contribution is 2.32. The molecule has 1 aliphatic rings. The molecule has 1 amide bonds. The second-order valence-electron chi connectivity index (χ2n) is 6.01. The minimum Gasteiger partial charge on any atom is -0.490 e. The number of carbonyl (C=O) groups is 1. The van der Waals surface area contributed by atoms with Crippen LogP contribution in [0, 0.1) is 0 Å². The summed E-state index contributed by atoms with van der Waals surface area (Å²) in [6.45, 7) is 1.00. The summed E-state index contributed by atoms with van der Waals surface area (Å²) in [5.41, 5.74) is 2.83. The lowest BCUT2D eigenvalue weighted by Gasteiger charge is -2.29. The van der Waals surface area contributed by atoms with E-state index < -0.39 is 0 Å². The summed E-state index contributed by atoms with van der Waals surface area (Å²) in [6.07, 6.45) is 0. The lowest BCUT2D eigenvalue weighted by atomic mass is 10.1. The first-order chi connectivity index (χ1) is 12.8. The third-order valence-electron chi connectivity index (χ3n) is 4.35. The Hall–Kier alpha value is -3.27. The zero-order valence-electron chi connectivity index (χ0n) is 14.3. The van der Waals surface area contributed by atoms with Gasteiger partial charge in [-0.25, -0.2) is 0 Å².